The summed E-state index contributed by atoms with van der Waals surface area (Å²) in [5.74, 6) is -0.185. The van der Waals surface area contributed by atoms with Gasteiger partial charge in [-0.05, 0) is 41.6 Å². The van der Waals surface area contributed by atoms with E-state index in [4.69, 9.17) is 0 Å². The van der Waals surface area contributed by atoms with Crippen LogP contribution in [-0.4, -0.2) is 18.9 Å². The average Bonchev–Trinajstić information content (AvgIpc) is 2.96. The molecule has 2 aromatic carbocycles. The molecule has 2 N–H and O–H groups in total. The molecule has 0 unspecified atom stereocenters. The topological polar surface area (TPSA) is 58.2 Å². The van der Waals surface area contributed by atoms with Crippen LogP contribution >= 0.6 is 11.3 Å². The minimum Gasteiger partial charge on any atom is -0.355 e. The molecule has 24 heavy (non-hydrogen) atoms. The molecule has 0 radical (unpaired) electrons. The number of nitrogens with one attached hydrogen (secondary N) is 2. The molecule has 0 saturated heterocycles. The molecule has 1 aromatic heterocycles. The first-order valence-corrected chi connectivity index (χ1v) is 8.49. The standard InChI is InChI=1S/C19H18N2O2S/c1-12-15-5-3-4-6-16(15)24-17(12)19(23)21-11-13-7-9-14(10-8-13)18(22)20-2/h3-10H,11H2,1-2H3,(H,20,22)(H,21,23). The van der Waals surface area contributed by atoms with Gasteiger partial charge < -0.3 is 10.6 Å². The lowest BCUT2D eigenvalue weighted by Gasteiger charge is -2.06. The lowest BCUT2D eigenvalue weighted by molar-refractivity contribution is 0.0948. The first-order valence-electron chi connectivity index (χ1n) is 7.67. The van der Waals surface area contributed by atoms with Gasteiger partial charge in [0.05, 0.1) is 4.88 Å². The Hall–Kier alpha value is -2.66. The molecule has 3 rings (SSSR count). The minimum atomic E-state index is -0.119. The second-order valence-corrected chi connectivity index (χ2v) is 6.56. The van der Waals surface area contributed by atoms with Gasteiger partial charge in [-0.3, -0.25) is 9.59 Å². The Morgan fingerprint density at radius 2 is 1.71 bits per heavy atom. The Bertz CT molecular complexity index is 897. The smallest absolute Gasteiger partial charge is 0.261 e. The summed E-state index contributed by atoms with van der Waals surface area (Å²) in [6.45, 7) is 2.41. The molecule has 4 nitrogen and oxygen atoms in total. The quantitative estimate of drug-likeness (QED) is 0.765. The van der Waals surface area contributed by atoms with Crippen molar-refractivity contribution in [1.29, 1.82) is 0 Å². The van der Waals surface area contributed by atoms with E-state index in [1.165, 1.54) is 11.3 Å². The van der Waals surface area contributed by atoms with E-state index < -0.39 is 0 Å². The summed E-state index contributed by atoms with van der Waals surface area (Å²) < 4.78 is 1.12. The number of amides is 2. The van der Waals surface area contributed by atoms with Crippen molar-refractivity contribution in [3.8, 4) is 0 Å². The number of carbonyl (C=O) groups excluding carboxylic acids is 2. The summed E-state index contributed by atoms with van der Waals surface area (Å²) in [6.07, 6.45) is 0. The zero-order valence-electron chi connectivity index (χ0n) is 13.6. The van der Waals surface area contributed by atoms with Crippen LogP contribution in [0.3, 0.4) is 0 Å². The van der Waals surface area contributed by atoms with E-state index in [-0.39, 0.29) is 11.8 Å². The van der Waals surface area contributed by atoms with Crippen molar-refractivity contribution in [1.82, 2.24) is 10.6 Å². The maximum Gasteiger partial charge on any atom is 0.261 e. The van der Waals surface area contributed by atoms with E-state index in [0.29, 0.717) is 12.1 Å². The van der Waals surface area contributed by atoms with Crippen LogP contribution in [0.5, 0.6) is 0 Å². The molecule has 122 valence electrons. The Kier molecular flexibility index (Phi) is 4.62. The third kappa shape index (κ3) is 3.16. The van der Waals surface area contributed by atoms with Crippen LogP contribution in [0.25, 0.3) is 10.1 Å². The Morgan fingerprint density at radius 3 is 2.38 bits per heavy atom. The third-order valence-corrected chi connectivity index (χ3v) is 5.22. The zero-order valence-corrected chi connectivity index (χ0v) is 14.4. The predicted octanol–water partition coefficient (Wildman–Crippen LogP) is 3.50. The number of hydrogen-bond donors (Lipinski definition) is 2. The van der Waals surface area contributed by atoms with Crippen LogP contribution in [0.1, 0.15) is 31.2 Å². The summed E-state index contributed by atoms with van der Waals surface area (Å²) >= 11 is 1.51. The van der Waals surface area contributed by atoms with Gasteiger partial charge in [0.1, 0.15) is 0 Å². The van der Waals surface area contributed by atoms with Crippen molar-refractivity contribution < 1.29 is 9.59 Å². The molecule has 0 atom stereocenters. The number of benzene rings is 2. The SMILES string of the molecule is CNC(=O)c1ccc(CNC(=O)c2sc3ccccc3c2C)cc1. The Balaban J connectivity index is 1.70. The Morgan fingerprint density at radius 1 is 1.00 bits per heavy atom. The molecule has 0 aliphatic rings. The van der Waals surface area contributed by atoms with E-state index in [1.54, 1.807) is 19.2 Å². The van der Waals surface area contributed by atoms with Crippen molar-refractivity contribution in [2.45, 2.75) is 13.5 Å². The van der Waals surface area contributed by atoms with Gasteiger partial charge in [-0.25, -0.2) is 0 Å². The maximum absolute atomic E-state index is 12.5. The maximum atomic E-state index is 12.5. The minimum absolute atomic E-state index is 0.0657. The molecule has 2 amide bonds. The van der Waals surface area contributed by atoms with E-state index in [9.17, 15) is 9.59 Å². The predicted molar refractivity (Wildman–Crippen MR) is 97.6 cm³/mol. The number of thiophene rings is 1. The summed E-state index contributed by atoms with van der Waals surface area (Å²) in [4.78, 5) is 24.7. The average molecular weight is 338 g/mol. The molecule has 0 saturated carbocycles. The number of rotatable bonds is 4. The first-order chi connectivity index (χ1) is 11.6. The summed E-state index contributed by atoms with van der Waals surface area (Å²) in [7, 11) is 1.60. The van der Waals surface area contributed by atoms with Gasteiger partial charge in [-0.15, -0.1) is 11.3 Å². The van der Waals surface area contributed by atoms with Crippen LogP contribution in [-0.2, 0) is 6.54 Å². The van der Waals surface area contributed by atoms with Gasteiger partial charge in [0, 0.05) is 23.9 Å². The summed E-state index contributed by atoms with van der Waals surface area (Å²) in [5, 5.41) is 6.66. The second kappa shape index (κ2) is 6.84. The van der Waals surface area contributed by atoms with Gasteiger partial charge in [-0.1, -0.05) is 30.3 Å². The van der Waals surface area contributed by atoms with Crippen LogP contribution in [0.4, 0.5) is 0 Å². The van der Waals surface area contributed by atoms with Gasteiger partial charge >= 0.3 is 0 Å². The fourth-order valence-corrected chi connectivity index (χ4v) is 3.70. The molecule has 0 aliphatic carbocycles. The molecule has 0 aliphatic heterocycles. The highest BCUT2D eigenvalue weighted by molar-refractivity contribution is 7.21. The van der Waals surface area contributed by atoms with Crippen molar-refractivity contribution in [3.63, 3.8) is 0 Å². The number of hydrogen-bond acceptors (Lipinski definition) is 3. The second-order valence-electron chi connectivity index (χ2n) is 5.51. The van der Waals surface area contributed by atoms with E-state index in [1.807, 2.05) is 43.3 Å². The monoisotopic (exact) mass is 338 g/mol. The lowest BCUT2D eigenvalue weighted by atomic mass is 10.1. The van der Waals surface area contributed by atoms with Crippen LogP contribution < -0.4 is 10.6 Å². The molecule has 1 heterocycles. The van der Waals surface area contributed by atoms with Crippen molar-refractivity contribution in [2.24, 2.45) is 0 Å². The largest absolute Gasteiger partial charge is 0.355 e. The molecule has 5 heteroatoms. The van der Waals surface area contributed by atoms with E-state index in [0.717, 1.165) is 26.1 Å². The summed E-state index contributed by atoms with van der Waals surface area (Å²) in [6, 6.07) is 15.2. The lowest BCUT2D eigenvalue weighted by Crippen LogP contribution is -2.22. The van der Waals surface area contributed by atoms with Crippen molar-refractivity contribution in [3.05, 3.63) is 70.1 Å². The fourth-order valence-electron chi connectivity index (χ4n) is 2.57. The Labute approximate surface area is 144 Å². The molecule has 0 spiro atoms. The van der Waals surface area contributed by atoms with E-state index in [2.05, 4.69) is 10.6 Å². The highest BCUT2D eigenvalue weighted by atomic mass is 32.1. The molecule has 3 aromatic rings. The molecular formula is C19H18N2O2S. The van der Waals surface area contributed by atoms with Crippen molar-refractivity contribution in [2.75, 3.05) is 7.05 Å². The highest BCUT2D eigenvalue weighted by Crippen LogP contribution is 2.30. The normalized spacial score (nSPS) is 10.6. The molecular weight excluding hydrogens is 320 g/mol. The molecule has 0 fully saturated rings. The number of carbonyl (C=O) groups is 2. The summed E-state index contributed by atoms with van der Waals surface area (Å²) in [5.41, 5.74) is 2.57. The molecule has 0 bridgehead atoms. The van der Waals surface area contributed by atoms with Crippen LogP contribution in [0, 0.1) is 6.92 Å². The van der Waals surface area contributed by atoms with Crippen LogP contribution in [0.15, 0.2) is 48.5 Å². The number of fused-ring (bicyclic) bond motifs is 1. The third-order valence-electron chi connectivity index (χ3n) is 3.95. The van der Waals surface area contributed by atoms with Gasteiger partial charge in [0.2, 0.25) is 0 Å². The number of aryl methyl sites for hydroxylation is 1. The van der Waals surface area contributed by atoms with Gasteiger partial charge in [-0.2, -0.15) is 0 Å². The fraction of sp³-hybridized carbons (Fsp3) is 0.158. The van der Waals surface area contributed by atoms with E-state index >= 15 is 0 Å². The van der Waals surface area contributed by atoms with Gasteiger partial charge in [0.25, 0.3) is 11.8 Å². The van der Waals surface area contributed by atoms with Crippen LogP contribution in [0.2, 0.25) is 0 Å². The van der Waals surface area contributed by atoms with Crippen molar-refractivity contribution >= 4 is 33.2 Å². The zero-order chi connectivity index (χ0) is 17.1. The highest BCUT2D eigenvalue weighted by Gasteiger charge is 2.14. The first kappa shape index (κ1) is 16.2. The van der Waals surface area contributed by atoms with Gasteiger partial charge in [0.15, 0.2) is 0 Å².